The molecule has 0 spiro atoms. The van der Waals surface area contributed by atoms with E-state index in [1.807, 2.05) is 36.4 Å². The normalized spacial score (nSPS) is 13.1. The largest absolute Gasteiger partial charge is 0.468 e. The van der Waals surface area contributed by atoms with E-state index in [-0.39, 0.29) is 19.2 Å². The van der Waals surface area contributed by atoms with E-state index < -0.39 is 5.97 Å². The summed E-state index contributed by atoms with van der Waals surface area (Å²) in [5.74, 6) is 0.580. The molecule has 0 fully saturated rings. The summed E-state index contributed by atoms with van der Waals surface area (Å²) in [6.07, 6.45) is 0.903. The molecule has 28 heavy (non-hydrogen) atoms. The van der Waals surface area contributed by atoms with Crippen molar-refractivity contribution in [3.8, 4) is 11.5 Å². The summed E-state index contributed by atoms with van der Waals surface area (Å²) in [7, 11) is 1.33. The number of carbonyl (C=O) groups excluding carboxylic acids is 2. The number of esters is 1. The van der Waals surface area contributed by atoms with Crippen molar-refractivity contribution in [3.05, 3.63) is 52.8 Å². The third-order valence-corrected chi connectivity index (χ3v) is 5.42. The maximum Gasteiger partial charge on any atom is 0.325 e. The second-order valence-electron chi connectivity index (χ2n) is 6.21. The fourth-order valence-electron chi connectivity index (χ4n) is 2.95. The molecule has 1 amide bonds. The number of hydrogen-bond acceptors (Lipinski definition) is 6. The summed E-state index contributed by atoms with van der Waals surface area (Å²) in [5, 5.41) is 0. The molecule has 1 aliphatic rings. The van der Waals surface area contributed by atoms with Crippen LogP contribution >= 0.6 is 11.3 Å². The SMILES string of the molecule is COC(=O)Cn1c(=NC(=O)CCc2ccccc2)sc2cc3c(cc21)OCO3. The highest BCUT2D eigenvalue weighted by atomic mass is 32.1. The van der Waals surface area contributed by atoms with Crippen molar-refractivity contribution in [1.82, 2.24) is 4.57 Å². The molecule has 4 rings (SSSR count). The lowest BCUT2D eigenvalue weighted by Gasteiger charge is -2.04. The molecule has 2 aromatic carbocycles. The number of aromatic nitrogens is 1. The van der Waals surface area contributed by atoms with E-state index in [9.17, 15) is 9.59 Å². The van der Waals surface area contributed by atoms with Gasteiger partial charge in [-0.15, -0.1) is 0 Å². The van der Waals surface area contributed by atoms with E-state index in [1.54, 1.807) is 10.6 Å². The van der Waals surface area contributed by atoms with Crippen LogP contribution in [0.5, 0.6) is 11.5 Å². The van der Waals surface area contributed by atoms with Crippen LogP contribution in [0, 0.1) is 0 Å². The maximum atomic E-state index is 12.4. The molecule has 0 unspecified atom stereocenters. The van der Waals surface area contributed by atoms with Crippen LogP contribution in [-0.2, 0) is 27.3 Å². The first-order valence-corrected chi connectivity index (χ1v) is 9.57. The molecular weight excluding hydrogens is 380 g/mol. The highest BCUT2D eigenvalue weighted by Gasteiger charge is 2.19. The highest BCUT2D eigenvalue weighted by Crippen LogP contribution is 2.36. The molecule has 0 aliphatic carbocycles. The topological polar surface area (TPSA) is 79.1 Å². The van der Waals surface area contributed by atoms with Gasteiger partial charge >= 0.3 is 5.97 Å². The van der Waals surface area contributed by atoms with Gasteiger partial charge in [-0.2, -0.15) is 4.99 Å². The Balaban J connectivity index is 1.68. The molecule has 0 radical (unpaired) electrons. The van der Waals surface area contributed by atoms with Crippen molar-refractivity contribution < 1.29 is 23.8 Å². The molecule has 144 valence electrons. The summed E-state index contributed by atoms with van der Waals surface area (Å²) >= 11 is 1.32. The number of ether oxygens (including phenoxy) is 3. The number of hydrogen-bond donors (Lipinski definition) is 0. The maximum absolute atomic E-state index is 12.4. The minimum absolute atomic E-state index is 0.0407. The van der Waals surface area contributed by atoms with E-state index in [2.05, 4.69) is 4.99 Å². The molecule has 3 aromatic rings. The van der Waals surface area contributed by atoms with Gasteiger partial charge in [-0.3, -0.25) is 9.59 Å². The van der Waals surface area contributed by atoms with Crippen LogP contribution in [0.15, 0.2) is 47.5 Å². The molecule has 0 atom stereocenters. The van der Waals surface area contributed by atoms with E-state index in [0.717, 1.165) is 15.8 Å². The first-order valence-electron chi connectivity index (χ1n) is 8.75. The second-order valence-corrected chi connectivity index (χ2v) is 7.22. The number of thiazole rings is 1. The second kappa shape index (κ2) is 7.85. The fraction of sp³-hybridized carbons (Fsp3) is 0.250. The summed E-state index contributed by atoms with van der Waals surface area (Å²) in [6.45, 7) is 0.125. The van der Waals surface area contributed by atoms with Crippen LogP contribution in [0.4, 0.5) is 0 Å². The van der Waals surface area contributed by atoms with Crippen molar-refractivity contribution in [1.29, 1.82) is 0 Å². The van der Waals surface area contributed by atoms with Crippen LogP contribution in [0.3, 0.4) is 0 Å². The smallest absolute Gasteiger partial charge is 0.325 e. The lowest BCUT2D eigenvalue weighted by Crippen LogP contribution is -2.22. The van der Waals surface area contributed by atoms with E-state index in [0.29, 0.717) is 29.1 Å². The number of methoxy groups -OCH3 is 1. The number of fused-ring (bicyclic) bond motifs is 2. The van der Waals surface area contributed by atoms with Crippen LogP contribution in [0.25, 0.3) is 10.2 Å². The van der Waals surface area contributed by atoms with Gasteiger partial charge in [-0.05, 0) is 12.0 Å². The van der Waals surface area contributed by atoms with Crippen molar-refractivity contribution in [3.63, 3.8) is 0 Å². The van der Waals surface area contributed by atoms with Gasteiger partial charge in [-0.25, -0.2) is 0 Å². The minimum Gasteiger partial charge on any atom is -0.468 e. The van der Waals surface area contributed by atoms with Gasteiger partial charge in [0.25, 0.3) is 0 Å². The minimum atomic E-state index is -0.421. The fourth-order valence-corrected chi connectivity index (χ4v) is 4.01. The zero-order chi connectivity index (χ0) is 19.5. The van der Waals surface area contributed by atoms with Crippen LogP contribution in [0.1, 0.15) is 12.0 Å². The number of amides is 1. The van der Waals surface area contributed by atoms with Crippen molar-refractivity contribution in [2.45, 2.75) is 19.4 Å². The Morgan fingerprint density at radius 3 is 2.68 bits per heavy atom. The Hall–Kier alpha value is -3.13. The van der Waals surface area contributed by atoms with Crippen molar-refractivity contribution >= 4 is 33.4 Å². The lowest BCUT2D eigenvalue weighted by atomic mass is 10.1. The summed E-state index contributed by atoms with van der Waals surface area (Å²) in [5.41, 5.74) is 1.82. The number of benzene rings is 2. The molecule has 1 aromatic heterocycles. The number of rotatable bonds is 5. The third kappa shape index (κ3) is 3.77. The lowest BCUT2D eigenvalue weighted by molar-refractivity contribution is -0.141. The van der Waals surface area contributed by atoms with Gasteiger partial charge in [0.05, 0.1) is 17.3 Å². The van der Waals surface area contributed by atoms with Gasteiger partial charge in [-0.1, -0.05) is 41.7 Å². The standard InChI is InChI=1S/C20H18N2O5S/c1-25-19(24)11-22-14-9-15-16(27-12-26-15)10-17(14)28-20(22)21-18(23)8-7-13-5-3-2-4-6-13/h2-6,9-10H,7-8,11-12H2,1H3. The van der Waals surface area contributed by atoms with Gasteiger partial charge in [0.15, 0.2) is 16.3 Å². The van der Waals surface area contributed by atoms with Gasteiger partial charge in [0.1, 0.15) is 6.54 Å². The number of aryl methyl sites for hydroxylation is 1. The Bertz CT molecular complexity index is 1100. The molecule has 1 aliphatic heterocycles. The predicted molar refractivity (Wildman–Crippen MR) is 103 cm³/mol. The Kier molecular flexibility index (Phi) is 5.12. The zero-order valence-corrected chi connectivity index (χ0v) is 16.0. The first-order chi connectivity index (χ1) is 13.6. The predicted octanol–water partition coefficient (Wildman–Crippen LogP) is 2.66. The van der Waals surface area contributed by atoms with E-state index >= 15 is 0 Å². The zero-order valence-electron chi connectivity index (χ0n) is 15.2. The summed E-state index contributed by atoms with van der Waals surface area (Å²) in [6, 6.07) is 13.4. The molecule has 0 bridgehead atoms. The number of nitrogens with zero attached hydrogens (tertiary/aromatic N) is 2. The van der Waals surface area contributed by atoms with Gasteiger partial charge < -0.3 is 18.8 Å². The van der Waals surface area contributed by atoms with Crippen LogP contribution < -0.4 is 14.3 Å². The Morgan fingerprint density at radius 2 is 1.93 bits per heavy atom. The molecule has 7 nitrogen and oxygen atoms in total. The van der Waals surface area contributed by atoms with Crippen molar-refractivity contribution in [2.75, 3.05) is 13.9 Å². The van der Waals surface area contributed by atoms with Crippen molar-refractivity contribution in [2.24, 2.45) is 4.99 Å². The highest BCUT2D eigenvalue weighted by molar-refractivity contribution is 7.16. The molecule has 2 heterocycles. The molecule has 0 saturated heterocycles. The van der Waals surface area contributed by atoms with Gasteiger partial charge in [0, 0.05) is 18.6 Å². The average Bonchev–Trinajstić information content (AvgIpc) is 3.29. The molecule has 8 heteroatoms. The first kappa shape index (κ1) is 18.2. The summed E-state index contributed by atoms with van der Waals surface area (Å²) in [4.78, 5) is 29.0. The van der Waals surface area contributed by atoms with Gasteiger partial charge in [0.2, 0.25) is 12.7 Å². The monoisotopic (exact) mass is 398 g/mol. The summed E-state index contributed by atoms with van der Waals surface area (Å²) < 4.78 is 18.2. The van der Waals surface area contributed by atoms with Crippen LogP contribution in [0.2, 0.25) is 0 Å². The number of carbonyl (C=O) groups is 2. The molecule has 0 N–H and O–H groups in total. The van der Waals surface area contributed by atoms with E-state index in [4.69, 9.17) is 14.2 Å². The molecule has 0 saturated carbocycles. The average molecular weight is 398 g/mol. The van der Waals surface area contributed by atoms with Crippen LogP contribution in [-0.4, -0.2) is 30.3 Å². The third-order valence-electron chi connectivity index (χ3n) is 4.38. The Labute approximate surface area is 164 Å². The van der Waals surface area contributed by atoms with E-state index in [1.165, 1.54) is 18.4 Å². The quantitative estimate of drug-likeness (QED) is 0.618. The Morgan fingerprint density at radius 1 is 1.18 bits per heavy atom. The molecular formula is C20H18N2O5S.